The largest absolute Gasteiger partial charge is 0.369 e. The average molecular weight is 497 g/mol. The summed E-state index contributed by atoms with van der Waals surface area (Å²) in [4.78, 5) is 33.0. The molecule has 0 bridgehead atoms. The van der Waals surface area contributed by atoms with E-state index in [9.17, 15) is 9.59 Å². The van der Waals surface area contributed by atoms with Crippen molar-refractivity contribution in [2.75, 3.05) is 48.8 Å². The predicted octanol–water partition coefficient (Wildman–Crippen LogP) is 3.29. The van der Waals surface area contributed by atoms with Gasteiger partial charge in [0.25, 0.3) is 5.91 Å². The molecule has 1 aliphatic rings. The Balaban J connectivity index is 1.25. The van der Waals surface area contributed by atoms with Gasteiger partial charge in [-0.2, -0.15) is 0 Å². The molecule has 3 heterocycles. The fourth-order valence-corrected chi connectivity index (χ4v) is 4.14. The van der Waals surface area contributed by atoms with Crippen molar-refractivity contribution in [3.63, 3.8) is 0 Å². The molecular weight excluding hydrogens is 468 g/mol. The maximum Gasteiger partial charge on any atom is 0.255 e. The first kappa shape index (κ1) is 24.1. The normalized spacial score (nSPS) is 13.8. The van der Waals surface area contributed by atoms with Crippen LogP contribution in [0, 0.1) is 0 Å². The standard InChI is InChI=1S/C27H28N8O2/c1-19(36)29-26-11-6-21(17-28-26)25-18-35(32-31-25)24-5-3-4-20(16-24)27(37)30-22-7-9-23(10-8-22)34-14-12-33(2)13-15-34/h3-11,16-18H,12-15H2,1-2H3,(H,30,37)(H,28,29,36). The molecule has 10 heteroatoms. The summed E-state index contributed by atoms with van der Waals surface area (Å²) in [6.45, 7) is 5.52. The Morgan fingerprint density at radius 3 is 2.38 bits per heavy atom. The molecule has 10 nitrogen and oxygen atoms in total. The number of rotatable bonds is 6. The summed E-state index contributed by atoms with van der Waals surface area (Å²) < 4.78 is 1.61. The van der Waals surface area contributed by atoms with Crippen LogP contribution in [0.25, 0.3) is 16.9 Å². The van der Waals surface area contributed by atoms with Crippen LogP contribution in [0.1, 0.15) is 17.3 Å². The van der Waals surface area contributed by atoms with Gasteiger partial charge in [-0.05, 0) is 61.6 Å². The highest BCUT2D eigenvalue weighted by atomic mass is 16.2. The molecule has 37 heavy (non-hydrogen) atoms. The third-order valence-electron chi connectivity index (χ3n) is 6.22. The van der Waals surface area contributed by atoms with E-state index >= 15 is 0 Å². The van der Waals surface area contributed by atoms with E-state index in [1.165, 1.54) is 6.92 Å². The third-order valence-corrected chi connectivity index (χ3v) is 6.22. The summed E-state index contributed by atoms with van der Waals surface area (Å²) in [7, 11) is 2.14. The molecule has 0 saturated carbocycles. The second-order valence-corrected chi connectivity index (χ2v) is 9.00. The Bertz CT molecular complexity index is 1390. The minimum Gasteiger partial charge on any atom is -0.369 e. The molecule has 5 rings (SSSR count). The van der Waals surface area contributed by atoms with Gasteiger partial charge in [-0.1, -0.05) is 11.3 Å². The Kier molecular flexibility index (Phi) is 6.91. The lowest BCUT2D eigenvalue weighted by Crippen LogP contribution is -2.44. The Morgan fingerprint density at radius 2 is 1.68 bits per heavy atom. The van der Waals surface area contributed by atoms with Gasteiger partial charge in [-0.25, -0.2) is 9.67 Å². The quantitative estimate of drug-likeness (QED) is 0.422. The fourth-order valence-electron chi connectivity index (χ4n) is 4.14. The second kappa shape index (κ2) is 10.6. The maximum atomic E-state index is 12.9. The summed E-state index contributed by atoms with van der Waals surface area (Å²) in [6.07, 6.45) is 3.39. The Labute approximate surface area is 214 Å². The first-order valence-corrected chi connectivity index (χ1v) is 12.1. The van der Waals surface area contributed by atoms with Gasteiger partial charge < -0.3 is 20.4 Å². The van der Waals surface area contributed by atoms with Gasteiger partial charge in [0.1, 0.15) is 11.5 Å². The number of amides is 2. The van der Waals surface area contributed by atoms with Crippen molar-refractivity contribution in [2.24, 2.45) is 0 Å². The molecule has 0 unspecified atom stereocenters. The summed E-state index contributed by atoms with van der Waals surface area (Å²) in [6, 6.07) is 18.7. The maximum absolute atomic E-state index is 12.9. The van der Waals surface area contributed by atoms with Gasteiger partial charge in [-0.15, -0.1) is 5.10 Å². The van der Waals surface area contributed by atoms with E-state index in [2.05, 4.69) is 42.8 Å². The molecule has 1 saturated heterocycles. The van der Waals surface area contributed by atoms with Gasteiger partial charge in [0.05, 0.1) is 11.9 Å². The van der Waals surface area contributed by atoms with Crippen molar-refractivity contribution in [2.45, 2.75) is 6.92 Å². The topological polar surface area (TPSA) is 108 Å². The van der Waals surface area contributed by atoms with Crippen LogP contribution in [0.4, 0.5) is 17.2 Å². The Hall–Kier alpha value is -4.57. The second-order valence-electron chi connectivity index (χ2n) is 9.00. The minimum absolute atomic E-state index is 0.183. The molecule has 4 aromatic rings. The van der Waals surface area contributed by atoms with Crippen molar-refractivity contribution in [3.8, 4) is 16.9 Å². The fraction of sp³-hybridized carbons (Fsp3) is 0.222. The van der Waals surface area contributed by atoms with E-state index in [-0.39, 0.29) is 11.8 Å². The zero-order valence-corrected chi connectivity index (χ0v) is 20.8. The molecule has 0 radical (unpaired) electrons. The zero-order chi connectivity index (χ0) is 25.8. The summed E-state index contributed by atoms with van der Waals surface area (Å²) in [5, 5.41) is 14.0. The summed E-state index contributed by atoms with van der Waals surface area (Å²) in [5.41, 5.74) is 4.51. The highest BCUT2D eigenvalue weighted by molar-refractivity contribution is 6.04. The van der Waals surface area contributed by atoms with E-state index in [1.54, 1.807) is 35.3 Å². The molecule has 2 aromatic carbocycles. The highest BCUT2D eigenvalue weighted by Gasteiger charge is 2.15. The number of carbonyl (C=O) groups excluding carboxylic acids is 2. The smallest absolute Gasteiger partial charge is 0.255 e. The number of anilines is 3. The Morgan fingerprint density at radius 1 is 0.892 bits per heavy atom. The SMILES string of the molecule is CC(=O)Nc1ccc(-c2cn(-c3cccc(C(=O)Nc4ccc(N5CCN(C)CC5)cc4)c3)nn2)cn1. The molecule has 2 amide bonds. The van der Waals surface area contributed by atoms with Gasteiger partial charge in [-0.3, -0.25) is 9.59 Å². The van der Waals surface area contributed by atoms with Crippen molar-refractivity contribution >= 4 is 29.0 Å². The van der Waals surface area contributed by atoms with Crippen LogP contribution in [0.15, 0.2) is 73.1 Å². The number of piperazine rings is 1. The van der Waals surface area contributed by atoms with Crippen LogP contribution in [-0.2, 0) is 4.79 Å². The monoisotopic (exact) mass is 496 g/mol. The molecule has 1 fully saturated rings. The molecule has 188 valence electrons. The number of aromatic nitrogens is 4. The number of likely N-dealkylation sites (N-methyl/N-ethyl adjacent to an activating group) is 1. The molecular formula is C27H28N8O2. The van der Waals surface area contributed by atoms with Gasteiger partial charge in [0.2, 0.25) is 5.91 Å². The molecule has 2 N–H and O–H groups in total. The van der Waals surface area contributed by atoms with Crippen LogP contribution in [0.5, 0.6) is 0 Å². The van der Waals surface area contributed by atoms with Gasteiger partial charge >= 0.3 is 0 Å². The average Bonchev–Trinajstić information content (AvgIpc) is 3.40. The van der Waals surface area contributed by atoms with Crippen LogP contribution in [0.2, 0.25) is 0 Å². The van der Waals surface area contributed by atoms with Gasteiger partial charge in [0, 0.05) is 61.8 Å². The molecule has 1 aliphatic heterocycles. The van der Waals surface area contributed by atoms with Crippen LogP contribution < -0.4 is 15.5 Å². The molecule has 0 aliphatic carbocycles. The number of hydrogen-bond acceptors (Lipinski definition) is 7. The van der Waals surface area contributed by atoms with Crippen LogP contribution in [0.3, 0.4) is 0 Å². The molecule has 2 aromatic heterocycles. The van der Waals surface area contributed by atoms with E-state index in [0.717, 1.165) is 43.1 Å². The highest BCUT2D eigenvalue weighted by Crippen LogP contribution is 2.21. The summed E-state index contributed by atoms with van der Waals surface area (Å²) in [5.74, 6) is 0.0846. The first-order valence-electron chi connectivity index (χ1n) is 12.1. The lowest BCUT2D eigenvalue weighted by molar-refractivity contribution is -0.114. The number of carbonyl (C=O) groups is 2. The number of benzene rings is 2. The minimum atomic E-state index is -0.202. The van der Waals surface area contributed by atoms with E-state index in [1.807, 2.05) is 42.5 Å². The van der Waals surface area contributed by atoms with Crippen LogP contribution >= 0.6 is 0 Å². The number of nitrogens with zero attached hydrogens (tertiary/aromatic N) is 6. The van der Waals surface area contributed by atoms with Crippen LogP contribution in [-0.4, -0.2) is 69.9 Å². The third kappa shape index (κ3) is 5.81. The number of pyridine rings is 1. The van der Waals surface area contributed by atoms with Crippen molar-refractivity contribution in [1.82, 2.24) is 24.9 Å². The summed E-state index contributed by atoms with van der Waals surface area (Å²) >= 11 is 0. The van der Waals surface area contributed by atoms with E-state index in [4.69, 9.17) is 0 Å². The van der Waals surface area contributed by atoms with Gasteiger partial charge in [0.15, 0.2) is 0 Å². The molecule has 0 atom stereocenters. The number of nitrogens with one attached hydrogen (secondary N) is 2. The van der Waals surface area contributed by atoms with Crippen molar-refractivity contribution in [1.29, 1.82) is 0 Å². The first-order chi connectivity index (χ1) is 17.9. The van der Waals surface area contributed by atoms with E-state index < -0.39 is 0 Å². The van der Waals surface area contributed by atoms with Crippen molar-refractivity contribution < 1.29 is 9.59 Å². The van der Waals surface area contributed by atoms with E-state index in [0.29, 0.717) is 22.8 Å². The lowest BCUT2D eigenvalue weighted by atomic mass is 10.1. The molecule has 0 spiro atoms. The van der Waals surface area contributed by atoms with Crippen molar-refractivity contribution in [3.05, 3.63) is 78.6 Å². The zero-order valence-electron chi connectivity index (χ0n) is 20.8. The lowest BCUT2D eigenvalue weighted by Gasteiger charge is -2.34. The number of hydrogen-bond donors (Lipinski definition) is 2. The predicted molar refractivity (Wildman–Crippen MR) is 143 cm³/mol.